The Morgan fingerprint density at radius 2 is 2.00 bits per heavy atom. The van der Waals surface area contributed by atoms with Crippen molar-refractivity contribution in [2.45, 2.75) is 38.5 Å². The molecule has 0 atom stereocenters. The van der Waals surface area contributed by atoms with E-state index in [1.807, 2.05) is 0 Å². The molecule has 0 bridgehead atoms. The van der Waals surface area contributed by atoms with E-state index in [1.54, 1.807) is 0 Å². The van der Waals surface area contributed by atoms with Gasteiger partial charge in [0, 0.05) is 12.3 Å². The molecule has 0 unspecified atom stereocenters. The van der Waals surface area contributed by atoms with Gasteiger partial charge >= 0.3 is 0 Å². The minimum atomic E-state index is -2.43. The Hall–Kier alpha value is -0.510. The van der Waals surface area contributed by atoms with E-state index >= 15 is 0 Å². The van der Waals surface area contributed by atoms with Gasteiger partial charge in [-0.2, -0.15) is 0 Å². The Kier molecular flexibility index (Phi) is 5.01. The Morgan fingerprint density at radius 1 is 1.36 bits per heavy atom. The Balaban J connectivity index is 2.03. The topological polar surface area (TPSA) is 26.3 Å². The SMILES string of the molecule is O=C(CCOCC(F)F)C1CCCC1. The largest absolute Gasteiger partial charge is 0.375 e. The molecule has 1 saturated carbocycles. The third kappa shape index (κ3) is 4.13. The molecule has 2 nitrogen and oxygen atoms in total. The minimum absolute atomic E-state index is 0.139. The number of Topliss-reactive ketones (excluding diaryl/α,β-unsaturated/α-hetero) is 1. The molecule has 0 saturated heterocycles. The molecule has 14 heavy (non-hydrogen) atoms. The predicted octanol–water partition coefficient (Wildman–Crippen LogP) is 2.42. The summed E-state index contributed by atoms with van der Waals surface area (Å²) >= 11 is 0. The van der Waals surface area contributed by atoms with Crippen LogP contribution in [0.25, 0.3) is 0 Å². The van der Waals surface area contributed by atoms with Crippen LogP contribution in [0.1, 0.15) is 32.1 Å². The maximum absolute atomic E-state index is 11.7. The Bertz CT molecular complexity index is 177. The quantitative estimate of drug-likeness (QED) is 0.624. The van der Waals surface area contributed by atoms with Gasteiger partial charge in [0.1, 0.15) is 12.4 Å². The smallest absolute Gasteiger partial charge is 0.261 e. The van der Waals surface area contributed by atoms with E-state index in [0.717, 1.165) is 25.7 Å². The van der Waals surface area contributed by atoms with E-state index in [-0.39, 0.29) is 24.7 Å². The van der Waals surface area contributed by atoms with Gasteiger partial charge in [-0.15, -0.1) is 0 Å². The zero-order valence-electron chi connectivity index (χ0n) is 8.18. The van der Waals surface area contributed by atoms with Crippen LogP contribution in [0.5, 0.6) is 0 Å². The molecule has 0 amide bonds. The number of carbonyl (C=O) groups is 1. The highest BCUT2D eigenvalue weighted by Crippen LogP contribution is 2.26. The van der Waals surface area contributed by atoms with Gasteiger partial charge in [0.25, 0.3) is 6.43 Å². The van der Waals surface area contributed by atoms with Gasteiger partial charge in [0.05, 0.1) is 6.61 Å². The average molecular weight is 206 g/mol. The molecule has 0 aromatic heterocycles. The zero-order chi connectivity index (χ0) is 10.4. The average Bonchev–Trinajstić information content (AvgIpc) is 2.64. The molecule has 0 aromatic rings. The van der Waals surface area contributed by atoms with Crippen LogP contribution in [-0.2, 0) is 9.53 Å². The summed E-state index contributed by atoms with van der Waals surface area (Å²) in [7, 11) is 0. The molecule has 0 aliphatic heterocycles. The second-order valence-electron chi connectivity index (χ2n) is 3.66. The van der Waals surface area contributed by atoms with E-state index in [0.29, 0.717) is 0 Å². The number of ether oxygens (including phenoxy) is 1. The molecule has 1 aliphatic rings. The lowest BCUT2D eigenvalue weighted by Gasteiger charge is -2.07. The molecule has 0 N–H and O–H groups in total. The number of carbonyl (C=O) groups excluding carboxylic acids is 1. The summed E-state index contributed by atoms with van der Waals surface area (Å²) in [6, 6.07) is 0. The van der Waals surface area contributed by atoms with Crippen LogP contribution in [0.3, 0.4) is 0 Å². The maximum atomic E-state index is 11.7. The number of hydrogen-bond donors (Lipinski definition) is 0. The van der Waals surface area contributed by atoms with Crippen molar-refractivity contribution in [3.8, 4) is 0 Å². The summed E-state index contributed by atoms with van der Waals surface area (Å²) in [5.41, 5.74) is 0. The first-order valence-corrected chi connectivity index (χ1v) is 5.08. The van der Waals surface area contributed by atoms with E-state index < -0.39 is 13.0 Å². The molecule has 4 heteroatoms. The fourth-order valence-corrected chi connectivity index (χ4v) is 1.80. The molecule has 0 radical (unpaired) electrons. The first-order valence-electron chi connectivity index (χ1n) is 5.08. The van der Waals surface area contributed by atoms with Gasteiger partial charge in [0.15, 0.2) is 0 Å². The number of ketones is 1. The van der Waals surface area contributed by atoms with Crippen molar-refractivity contribution in [1.29, 1.82) is 0 Å². The molecule has 0 spiro atoms. The van der Waals surface area contributed by atoms with Crippen LogP contribution in [0.15, 0.2) is 0 Å². The monoisotopic (exact) mass is 206 g/mol. The van der Waals surface area contributed by atoms with E-state index in [9.17, 15) is 13.6 Å². The third-order valence-corrected chi connectivity index (χ3v) is 2.55. The number of halogens is 2. The second kappa shape index (κ2) is 6.06. The fourth-order valence-electron chi connectivity index (χ4n) is 1.80. The molecule has 1 rings (SSSR count). The highest BCUT2D eigenvalue weighted by molar-refractivity contribution is 5.81. The third-order valence-electron chi connectivity index (χ3n) is 2.55. The van der Waals surface area contributed by atoms with E-state index in [2.05, 4.69) is 4.74 Å². The standard InChI is InChI=1S/C10H16F2O2/c11-10(12)7-14-6-5-9(13)8-3-1-2-4-8/h8,10H,1-7H2. The van der Waals surface area contributed by atoms with Crippen molar-refractivity contribution < 1.29 is 18.3 Å². The highest BCUT2D eigenvalue weighted by Gasteiger charge is 2.21. The zero-order valence-corrected chi connectivity index (χ0v) is 8.18. The van der Waals surface area contributed by atoms with Crippen LogP contribution < -0.4 is 0 Å². The molecule has 0 aromatic carbocycles. The highest BCUT2D eigenvalue weighted by atomic mass is 19.3. The summed E-state index contributed by atoms with van der Waals surface area (Å²) in [5, 5.41) is 0. The van der Waals surface area contributed by atoms with Crippen LogP contribution in [-0.4, -0.2) is 25.4 Å². The molecular weight excluding hydrogens is 190 g/mol. The number of alkyl halides is 2. The van der Waals surface area contributed by atoms with Crippen molar-refractivity contribution in [3.05, 3.63) is 0 Å². The molecule has 82 valence electrons. The minimum Gasteiger partial charge on any atom is -0.375 e. The van der Waals surface area contributed by atoms with Crippen LogP contribution in [0.4, 0.5) is 8.78 Å². The summed E-state index contributed by atoms with van der Waals surface area (Å²) in [4.78, 5) is 11.4. The van der Waals surface area contributed by atoms with Gasteiger partial charge in [-0.3, -0.25) is 4.79 Å². The Morgan fingerprint density at radius 3 is 2.57 bits per heavy atom. The second-order valence-corrected chi connectivity index (χ2v) is 3.66. The fraction of sp³-hybridized carbons (Fsp3) is 0.900. The van der Waals surface area contributed by atoms with E-state index in [4.69, 9.17) is 0 Å². The van der Waals surface area contributed by atoms with Gasteiger partial charge in [-0.05, 0) is 12.8 Å². The van der Waals surface area contributed by atoms with Crippen molar-refractivity contribution in [1.82, 2.24) is 0 Å². The molecule has 1 fully saturated rings. The summed E-state index contributed by atoms with van der Waals surface area (Å²) in [5.74, 6) is 0.349. The molecule has 0 heterocycles. The lowest BCUT2D eigenvalue weighted by atomic mass is 10.0. The Labute approximate surface area is 82.6 Å². The summed E-state index contributed by atoms with van der Waals surface area (Å²) in [6.45, 7) is -0.419. The van der Waals surface area contributed by atoms with E-state index in [1.165, 1.54) is 0 Å². The predicted molar refractivity (Wildman–Crippen MR) is 48.4 cm³/mol. The first-order chi connectivity index (χ1) is 6.70. The number of hydrogen-bond acceptors (Lipinski definition) is 2. The lowest BCUT2D eigenvalue weighted by Crippen LogP contribution is -2.14. The van der Waals surface area contributed by atoms with Crippen molar-refractivity contribution in [2.24, 2.45) is 5.92 Å². The summed E-state index contributed by atoms with van der Waals surface area (Å²) in [6.07, 6.45) is 2.03. The summed E-state index contributed by atoms with van der Waals surface area (Å²) < 4.78 is 28.0. The molecule has 1 aliphatic carbocycles. The van der Waals surface area contributed by atoms with Crippen LogP contribution >= 0.6 is 0 Å². The van der Waals surface area contributed by atoms with Crippen molar-refractivity contribution >= 4 is 5.78 Å². The normalized spacial score (nSPS) is 17.9. The van der Waals surface area contributed by atoms with Gasteiger partial charge in [0.2, 0.25) is 0 Å². The van der Waals surface area contributed by atoms with Crippen molar-refractivity contribution in [2.75, 3.05) is 13.2 Å². The van der Waals surface area contributed by atoms with Crippen LogP contribution in [0, 0.1) is 5.92 Å². The first kappa shape index (κ1) is 11.6. The van der Waals surface area contributed by atoms with Gasteiger partial charge in [-0.1, -0.05) is 12.8 Å². The molecular formula is C10H16F2O2. The van der Waals surface area contributed by atoms with Gasteiger partial charge in [-0.25, -0.2) is 8.78 Å². The lowest BCUT2D eigenvalue weighted by molar-refractivity contribution is -0.124. The van der Waals surface area contributed by atoms with Crippen molar-refractivity contribution in [3.63, 3.8) is 0 Å². The van der Waals surface area contributed by atoms with Gasteiger partial charge < -0.3 is 4.74 Å². The van der Waals surface area contributed by atoms with Crippen LogP contribution in [0.2, 0.25) is 0 Å². The maximum Gasteiger partial charge on any atom is 0.261 e. The number of rotatable bonds is 6.